The van der Waals surface area contributed by atoms with Gasteiger partial charge in [0.2, 0.25) is 0 Å². The molecule has 0 bridgehead atoms. The molecule has 1 aromatic carbocycles. The van der Waals surface area contributed by atoms with Crippen LogP contribution in [0.15, 0.2) is 30.3 Å². The van der Waals surface area contributed by atoms with Crippen molar-refractivity contribution in [2.24, 2.45) is 5.92 Å². The van der Waals surface area contributed by atoms with E-state index >= 15 is 0 Å². The molecule has 26 heavy (non-hydrogen) atoms. The molecule has 0 spiro atoms. The monoisotopic (exact) mass is 363 g/mol. The maximum Gasteiger partial charge on any atom is 0.331 e. The van der Waals surface area contributed by atoms with E-state index in [0.29, 0.717) is 12.2 Å². The number of methoxy groups -OCH3 is 2. The topological polar surface area (TPSA) is 90.9 Å². The van der Waals surface area contributed by atoms with Gasteiger partial charge in [0.1, 0.15) is 11.8 Å². The number of nitrogens with one attached hydrogen (secondary N) is 1. The third-order valence-electron chi connectivity index (χ3n) is 3.84. The van der Waals surface area contributed by atoms with Crippen molar-refractivity contribution >= 4 is 23.9 Å². The fourth-order valence-corrected chi connectivity index (χ4v) is 2.11. The van der Waals surface area contributed by atoms with E-state index in [2.05, 4.69) is 10.1 Å². The van der Waals surface area contributed by atoms with Crippen LogP contribution in [0.5, 0.6) is 5.75 Å². The zero-order chi connectivity index (χ0) is 19.5. The van der Waals surface area contributed by atoms with Crippen molar-refractivity contribution in [2.45, 2.75) is 26.3 Å². The molecule has 1 amide bonds. The normalized spacial score (nSPS) is 12.9. The van der Waals surface area contributed by atoms with Gasteiger partial charge in [-0.05, 0) is 29.7 Å². The lowest BCUT2D eigenvalue weighted by molar-refractivity contribution is -0.148. The van der Waals surface area contributed by atoms with Crippen molar-refractivity contribution in [3.63, 3.8) is 0 Å². The highest BCUT2D eigenvalue weighted by molar-refractivity contribution is 5.90. The molecule has 0 saturated carbocycles. The summed E-state index contributed by atoms with van der Waals surface area (Å²) in [5.41, 5.74) is 0.758. The Morgan fingerprint density at radius 1 is 1.23 bits per heavy atom. The summed E-state index contributed by atoms with van der Waals surface area (Å²) in [5, 5.41) is 2.53. The smallest absolute Gasteiger partial charge is 0.331 e. The summed E-state index contributed by atoms with van der Waals surface area (Å²) in [4.78, 5) is 35.4. The maximum atomic E-state index is 11.9. The number of hydrogen-bond donors (Lipinski definition) is 1. The predicted octanol–water partition coefficient (Wildman–Crippen LogP) is 1.96. The first-order valence-corrected chi connectivity index (χ1v) is 8.27. The highest BCUT2D eigenvalue weighted by Gasteiger charge is 2.26. The van der Waals surface area contributed by atoms with Crippen LogP contribution >= 0.6 is 0 Å². The van der Waals surface area contributed by atoms with Crippen LogP contribution in [0.3, 0.4) is 0 Å². The molecular weight excluding hydrogens is 338 g/mol. The molecule has 0 heterocycles. The zero-order valence-corrected chi connectivity index (χ0v) is 15.5. The SMILES string of the molecule is CC[C@@H](C)[C@@H](NC(=O)COC(=O)/C=C/c1cccc(OC)c1)C(=O)OC. The van der Waals surface area contributed by atoms with Crippen LogP contribution in [0, 0.1) is 5.92 Å². The number of rotatable bonds is 9. The van der Waals surface area contributed by atoms with Gasteiger partial charge in [-0.2, -0.15) is 0 Å². The summed E-state index contributed by atoms with van der Waals surface area (Å²) in [6, 6.07) is 6.35. The van der Waals surface area contributed by atoms with Crippen LogP contribution in [0.25, 0.3) is 6.08 Å². The molecule has 7 heteroatoms. The van der Waals surface area contributed by atoms with Crippen LogP contribution in [-0.2, 0) is 23.9 Å². The van der Waals surface area contributed by atoms with Gasteiger partial charge in [-0.3, -0.25) is 4.79 Å². The van der Waals surface area contributed by atoms with Gasteiger partial charge < -0.3 is 19.5 Å². The summed E-state index contributed by atoms with van der Waals surface area (Å²) >= 11 is 0. The fourth-order valence-electron chi connectivity index (χ4n) is 2.11. The molecule has 0 radical (unpaired) electrons. The minimum absolute atomic E-state index is 0.102. The van der Waals surface area contributed by atoms with E-state index in [9.17, 15) is 14.4 Å². The summed E-state index contributed by atoms with van der Waals surface area (Å²) in [6.07, 6.45) is 3.46. The molecule has 0 fully saturated rings. The first kappa shape index (κ1) is 21.2. The molecule has 1 N–H and O–H groups in total. The lowest BCUT2D eigenvalue weighted by Crippen LogP contribution is -2.47. The van der Waals surface area contributed by atoms with Crippen molar-refractivity contribution in [2.75, 3.05) is 20.8 Å². The summed E-state index contributed by atoms with van der Waals surface area (Å²) in [6.45, 7) is 3.24. The molecule has 7 nitrogen and oxygen atoms in total. The van der Waals surface area contributed by atoms with Gasteiger partial charge in [0, 0.05) is 6.08 Å². The Hall–Kier alpha value is -2.83. The Morgan fingerprint density at radius 3 is 2.58 bits per heavy atom. The van der Waals surface area contributed by atoms with Crippen LogP contribution in [-0.4, -0.2) is 44.7 Å². The van der Waals surface area contributed by atoms with Crippen molar-refractivity contribution in [3.05, 3.63) is 35.9 Å². The van der Waals surface area contributed by atoms with E-state index < -0.39 is 30.5 Å². The van der Waals surface area contributed by atoms with Crippen LogP contribution in [0.4, 0.5) is 0 Å². The molecular formula is C19H25NO6. The molecule has 0 unspecified atom stereocenters. The van der Waals surface area contributed by atoms with E-state index in [1.54, 1.807) is 37.5 Å². The minimum Gasteiger partial charge on any atom is -0.497 e. The number of amides is 1. The van der Waals surface area contributed by atoms with E-state index in [0.717, 1.165) is 5.56 Å². The van der Waals surface area contributed by atoms with Gasteiger partial charge in [-0.1, -0.05) is 32.4 Å². The maximum absolute atomic E-state index is 11.9. The number of benzene rings is 1. The molecule has 0 aliphatic heterocycles. The van der Waals surface area contributed by atoms with Crippen LogP contribution in [0.2, 0.25) is 0 Å². The highest BCUT2D eigenvalue weighted by atomic mass is 16.5. The van der Waals surface area contributed by atoms with Crippen molar-refractivity contribution < 1.29 is 28.6 Å². The molecule has 0 aliphatic rings. The second-order valence-corrected chi connectivity index (χ2v) is 5.67. The Kier molecular flexibility index (Phi) is 8.91. The van der Waals surface area contributed by atoms with Crippen LogP contribution in [0.1, 0.15) is 25.8 Å². The average Bonchev–Trinajstić information content (AvgIpc) is 2.67. The summed E-state index contributed by atoms with van der Waals surface area (Å²) in [7, 11) is 2.81. The van der Waals surface area contributed by atoms with Gasteiger partial charge in [0.25, 0.3) is 5.91 Å². The zero-order valence-electron chi connectivity index (χ0n) is 15.5. The summed E-state index contributed by atoms with van der Waals surface area (Å²) < 4.78 is 14.7. The largest absolute Gasteiger partial charge is 0.497 e. The third kappa shape index (κ3) is 6.96. The second-order valence-electron chi connectivity index (χ2n) is 5.67. The Morgan fingerprint density at radius 2 is 1.96 bits per heavy atom. The molecule has 142 valence electrons. The van der Waals surface area contributed by atoms with Gasteiger partial charge in [-0.15, -0.1) is 0 Å². The lowest BCUT2D eigenvalue weighted by Gasteiger charge is -2.21. The van der Waals surface area contributed by atoms with E-state index in [1.807, 2.05) is 13.8 Å². The molecule has 2 atom stereocenters. The minimum atomic E-state index is -0.775. The molecule has 0 saturated heterocycles. The Balaban J connectivity index is 2.53. The lowest BCUT2D eigenvalue weighted by atomic mass is 9.99. The number of hydrogen-bond acceptors (Lipinski definition) is 6. The molecule has 1 rings (SSSR count). The van der Waals surface area contributed by atoms with E-state index in [4.69, 9.17) is 9.47 Å². The number of carbonyl (C=O) groups is 3. The van der Waals surface area contributed by atoms with Gasteiger partial charge in [-0.25, -0.2) is 9.59 Å². The number of carbonyl (C=O) groups excluding carboxylic acids is 3. The van der Waals surface area contributed by atoms with E-state index in [1.165, 1.54) is 13.2 Å². The molecule has 1 aromatic rings. The van der Waals surface area contributed by atoms with Gasteiger partial charge >= 0.3 is 11.9 Å². The van der Waals surface area contributed by atoms with Gasteiger partial charge in [0.05, 0.1) is 14.2 Å². The van der Waals surface area contributed by atoms with Crippen molar-refractivity contribution in [1.29, 1.82) is 0 Å². The van der Waals surface area contributed by atoms with Gasteiger partial charge in [0.15, 0.2) is 6.61 Å². The molecule has 0 aromatic heterocycles. The Labute approximate surface area is 153 Å². The summed E-state index contributed by atoms with van der Waals surface area (Å²) in [5.74, 6) is -1.20. The Bertz CT molecular complexity index is 655. The standard InChI is InChI=1S/C19H25NO6/c1-5-13(2)18(19(23)25-4)20-16(21)12-26-17(22)10-9-14-7-6-8-15(11-14)24-3/h6-11,13,18H,5,12H2,1-4H3,(H,20,21)/b10-9+/t13-,18-/m1/s1. The first-order chi connectivity index (χ1) is 12.4. The molecule has 0 aliphatic carbocycles. The third-order valence-corrected chi connectivity index (χ3v) is 3.84. The number of ether oxygens (including phenoxy) is 3. The van der Waals surface area contributed by atoms with Crippen LogP contribution < -0.4 is 10.1 Å². The fraction of sp³-hybridized carbons (Fsp3) is 0.421. The average molecular weight is 363 g/mol. The van der Waals surface area contributed by atoms with Crippen molar-refractivity contribution in [1.82, 2.24) is 5.32 Å². The van der Waals surface area contributed by atoms with Crippen molar-refractivity contribution in [3.8, 4) is 5.75 Å². The van der Waals surface area contributed by atoms with E-state index in [-0.39, 0.29) is 5.92 Å². The highest BCUT2D eigenvalue weighted by Crippen LogP contribution is 2.13. The quantitative estimate of drug-likeness (QED) is 0.533. The first-order valence-electron chi connectivity index (χ1n) is 8.27. The number of esters is 2. The second kappa shape index (κ2) is 10.9. The predicted molar refractivity (Wildman–Crippen MR) is 96.4 cm³/mol.